The summed E-state index contributed by atoms with van der Waals surface area (Å²) in [5, 5.41) is 2.79. The van der Waals surface area contributed by atoms with Crippen molar-refractivity contribution in [3.05, 3.63) is 64.7 Å². The zero-order chi connectivity index (χ0) is 17.8. The molecule has 0 radical (unpaired) electrons. The zero-order valence-electron chi connectivity index (χ0n) is 14.2. The van der Waals surface area contributed by atoms with Crippen molar-refractivity contribution in [1.82, 2.24) is 0 Å². The van der Waals surface area contributed by atoms with Crippen molar-refractivity contribution in [3.63, 3.8) is 0 Å². The number of methoxy groups -OCH3 is 1. The minimum Gasteiger partial charge on any atom is -0.493 e. The Morgan fingerprint density at radius 1 is 1.20 bits per heavy atom. The van der Waals surface area contributed by atoms with E-state index in [1.807, 2.05) is 25.1 Å². The van der Waals surface area contributed by atoms with Crippen molar-refractivity contribution < 1.29 is 19.1 Å². The smallest absolute Gasteiger partial charge is 0.337 e. The molecule has 3 rings (SSSR count). The first-order chi connectivity index (χ1) is 12.1. The molecular weight excluding hydrogens is 318 g/mol. The third-order valence-corrected chi connectivity index (χ3v) is 4.06. The molecule has 0 aromatic heterocycles. The van der Waals surface area contributed by atoms with Crippen LogP contribution < -0.4 is 10.1 Å². The summed E-state index contributed by atoms with van der Waals surface area (Å²) >= 11 is 0. The average molecular weight is 337 g/mol. The van der Waals surface area contributed by atoms with Crippen molar-refractivity contribution in [2.45, 2.75) is 13.3 Å². The van der Waals surface area contributed by atoms with Crippen molar-refractivity contribution >= 4 is 23.6 Å². The lowest BCUT2D eigenvalue weighted by Crippen LogP contribution is -2.10. The molecule has 128 valence electrons. The fourth-order valence-corrected chi connectivity index (χ4v) is 2.66. The van der Waals surface area contributed by atoms with Crippen LogP contribution in [-0.4, -0.2) is 25.6 Å². The first kappa shape index (κ1) is 16.8. The van der Waals surface area contributed by atoms with E-state index in [0.717, 1.165) is 28.9 Å². The standard InChI is InChI=1S/C20H19NO4/c1-13-3-6-16(20(23)24-2)12-17(13)21-19(22)8-5-14-4-7-18-15(11-14)9-10-25-18/h3-8,11-12H,9-10H2,1-2H3,(H,21,22)/b8-5+. The summed E-state index contributed by atoms with van der Waals surface area (Å²) in [4.78, 5) is 23.8. The van der Waals surface area contributed by atoms with E-state index >= 15 is 0 Å². The second-order valence-corrected chi connectivity index (χ2v) is 5.81. The molecule has 5 nitrogen and oxygen atoms in total. The minimum atomic E-state index is -0.439. The summed E-state index contributed by atoms with van der Waals surface area (Å²) in [5.41, 5.74) is 3.94. The predicted molar refractivity (Wildman–Crippen MR) is 95.8 cm³/mol. The van der Waals surface area contributed by atoms with Crippen LogP contribution in [0, 0.1) is 6.92 Å². The second kappa shape index (κ2) is 7.21. The largest absolute Gasteiger partial charge is 0.493 e. The van der Waals surface area contributed by atoms with Crippen LogP contribution in [0.25, 0.3) is 6.08 Å². The summed E-state index contributed by atoms with van der Waals surface area (Å²) in [6.45, 7) is 2.57. The van der Waals surface area contributed by atoms with Gasteiger partial charge in [-0.3, -0.25) is 4.79 Å². The Kier molecular flexibility index (Phi) is 4.84. The number of carbonyl (C=O) groups excluding carboxylic acids is 2. The van der Waals surface area contributed by atoms with Crippen LogP contribution in [0.15, 0.2) is 42.5 Å². The number of hydrogen-bond acceptors (Lipinski definition) is 4. The third kappa shape index (κ3) is 3.88. The number of fused-ring (bicyclic) bond motifs is 1. The molecule has 0 spiro atoms. The molecule has 1 N–H and O–H groups in total. The van der Waals surface area contributed by atoms with E-state index in [0.29, 0.717) is 17.9 Å². The first-order valence-corrected chi connectivity index (χ1v) is 8.00. The van der Waals surface area contributed by atoms with Gasteiger partial charge in [-0.2, -0.15) is 0 Å². The van der Waals surface area contributed by atoms with Gasteiger partial charge in [0.05, 0.1) is 19.3 Å². The maximum Gasteiger partial charge on any atom is 0.337 e. The van der Waals surface area contributed by atoms with E-state index in [1.54, 1.807) is 24.3 Å². The molecule has 2 aromatic rings. The van der Waals surface area contributed by atoms with Gasteiger partial charge in [0.15, 0.2) is 0 Å². The molecular formula is C20H19NO4. The van der Waals surface area contributed by atoms with Gasteiger partial charge in [-0.25, -0.2) is 4.79 Å². The summed E-state index contributed by atoms with van der Waals surface area (Å²) < 4.78 is 10.2. The molecule has 1 heterocycles. The van der Waals surface area contributed by atoms with Crippen LogP contribution in [-0.2, 0) is 16.0 Å². The average Bonchev–Trinajstić information content (AvgIpc) is 3.09. The molecule has 1 aliphatic heterocycles. The number of aryl methyl sites for hydroxylation is 1. The lowest BCUT2D eigenvalue weighted by molar-refractivity contribution is -0.111. The Balaban J connectivity index is 1.71. The monoisotopic (exact) mass is 337 g/mol. The predicted octanol–water partition coefficient (Wildman–Crippen LogP) is 3.37. The van der Waals surface area contributed by atoms with Crippen LogP contribution in [0.5, 0.6) is 5.75 Å². The molecule has 0 aliphatic carbocycles. The van der Waals surface area contributed by atoms with Gasteiger partial charge >= 0.3 is 5.97 Å². The van der Waals surface area contributed by atoms with E-state index in [1.165, 1.54) is 13.2 Å². The van der Waals surface area contributed by atoms with Gasteiger partial charge in [0.1, 0.15) is 5.75 Å². The minimum absolute atomic E-state index is 0.262. The van der Waals surface area contributed by atoms with Crippen molar-refractivity contribution in [2.75, 3.05) is 19.0 Å². The van der Waals surface area contributed by atoms with Gasteiger partial charge < -0.3 is 14.8 Å². The van der Waals surface area contributed by atoms with Gasteiger partial charge in [-0.1, -0.05) is 12.1 Å². The molecule has 5 heteroatoms. The summed E-state index contributed by atoms with van der Waals surface area (Å²) in [7, 11) is 1.32. The van der Waals surface area contributed by atoms with E-state index in [9.17, 15) is 9.59 Å². The van der Waals surface area contributed by atoms with Crippen molar-refractivity contribution in [3.8, 4) is 5.75 Å². The number of anilines is 1. The van der Waals surface area contributed by atoms with Gasteiger partial charge in [0.2, 0.25) is 5.91 Å². The molecule has 1 aliphatic rings. The van der Waals surface area contributed by atoms with Crippen molar-refractivity contribution in [1.29, 1.82) is 0 Å². The number of esters is 1. The topological polar surface area (TPSA) is 64.6 Å². The Hall–Kier alpha value is -3.08. The number of benzene rings is 2. The lowest BCUT2D eigenvalue weighted by atomic mass is 10.1. The van der Waals surface area contributed by atoms with E-state index in [-0.39, 0.29) is 5.91 Å². The number of nitrogens with one attached hydrogen (secondary N) is 1. The maximum absolute atomic E-state index is 12.2. The maximum atomic E-state index is 12.2. The van der Waals surface area contributed by atoms with Gasteiger partial charge in [-0.05, 0) is 54.0 Å². The van der Waals surface area contributed by atoms with Crippen LogP contribution >= 0.6 is 0 Å². The number of carbonyl (C=O) groups is 2. The van der Waals surface area contributed by atoms with Crippen molar-refractivity contribution in [2.24, 2.45) is 0 Å². The summed E-state index contributed by atoms with van der Waals surface area (Å²) in [5.74, 6) is 0.213. The quantitative estimate of drug-likeness (QED) is 0.686. The summed E-state index contributed by atoms with van der Waals surface area (Å²) in [6, 6.07) is 10.9. The molecule has 25 heavy (non-hydrogen) atoms. The molecule has 0 unspecified atom stereocenters. The first-order valence-electron chi connectivity index (χ1n) is 8.00. The van der Waals surface area contributed by atoms with Gasteiger partial charge in [0.25, 0.3) is 0 Å². The molecule has 0 atom stereocenters. The highest BCUT2D eigenvalue weighted by Gasteiger charge is 2.12. The molecule has 0 saturated heterocycles. The number of rotatable bonds is 4. The van der Waals surface area contributed by atoms with Crippen LogP contribution in [0.1, 0.15) is 27.0 Å². The molecule has 0 bridgehead atoms. The molecule has 0 fully saturated rings. The fourth-order valence-electron chi connectivity index (χ4n) is 2.66. The molecule has 0 saturated carbocycles. The number of hydrogen-bond donors (Lipinski definition) is 1. The summed E-state index contributed by atoms with van der Waals surface area (Å²) in [6.07, 6.45) is 4.12. The van der Waals surface area contributed by atoms with Crippen LogP contribution in [0.4, 0.5) is 5.69 Å². The Bertz CT molecular complexity index is 855. The SMILES string of the molecule is COC(=O)c1ccc(C)c(NC(=O)/C=C/c2ccc3c(c2)CCO3)c1. The number of ether oxygens (including phenoxy) is 2. The van der Waals surface area contributed by atoms with E-state index < -0.39 is 5.97 Å². The van der Waals surface area contributed by atoms with Crippen LogP contribution in [0.2, 0.25) is 0 Å². The second-order valence-electron chi connectivity index (χ2n) is 5.81. The zero-order valence-corrected chi connectivity index (χ0v) is 14.2. The van der Waals surface area contributed by atoms with E-state index in [2.05, 4.69) is 5.32 Å². The Morgan fingerprint density at radius 3 is 2.84 bits per heavy atom. The van der Waals surface area contributed by atoms with E-state index in [4.69, 9.17) is 9.47 Å². The molecule has 1 amide bonds. The highest BCUT2D eigenvalue weighted by molar-refractivity contribution is 6.03. The lowest BCUT2D eigenvalue weighted by Gasteiger charge is -2.08. The Morgan fingerprint density at radius 2 is 2.04 bits per heavy atom. The van der Waals surface area contributed by atoms with Gasteiger partial charge in [0, 0.05) is 18.2 Å². The van der Waals surface area contributed by atoms with Gasteiger partial charge in [-0.15, -0.1) is 0 Å². The highest BCUT2D eigenvalue weighted by Crippen LogP contribution is 2.26. The fraction of sp³-hybridized carbons (Fsp3) is 0.200. The van der Waals surface area contributed by atoms with Crippen LogP contribution in [0.3, 0.4) is 0 Å². The number of amides is 1. The third-order valence-electron chi connectivity index (χ3n) is 4.06. The Labute approximate surface area is 146 Å². The normalized spacial score (nSPS) is 12.6. The molecule has 2 aromatic carbocycles. The highest BCUT2D eigenvalue weighted by atomic mass is 16.5.